The number of nitro groups is 1. The first-order chi connectivity index (χ1) is 14.5. The van der Waals surface area contributed by atoms with Crippen LogP contribution in [0, 0.1) is 17.0 Å². The van der Waals surface area contributed by atoms with Gasteiger partial charge in [-0.3, -0.25) is 15.1 Å². The lowest BCUT2D eigenvalue weighted by molar-refractivity contribution is -0.385. The van der Waals surface area contributed by atoms with Crippen molar-refractivity contribution in [3.8, 4) is 11.5 Å². The van der Waals surface area contributed by atoms with Gasteiger partial charge in [0.1, 0.15) is 5.75 Å². The molecule has 0 aliphatic carbocycles. The topological polar surface area (TPSA) is 64.7 Å². The van der Waals surface area contributed by atoms with Crippen LogP contribution in [0.4, 0.5) is 24.5 Å². The van der Waals surface area contributed by atoms with Crippen LogP contribution in [0.25, 0.3) is 0 Å². The third kappa shape index (κ3) is 5.62. The van der Waals surface area contributed by atoms with Gasteiger partial charge in [0.15, 0.2) is 0 Å². The van der Waals surface area contributed by atoms with Gasteiger partial charge in [-0.15, -0.1) is 0 Å². The van der Waals surface area contributed by atoms with Gasteiger partial charge in [0.05, 0.1) is 16.2 Å². The Labute approximate surface area is 188 Å². The van der Waals surface area contributed by atoms with E-state index in [1.54, 1.807) is 30.3 Å². The number of benzene rings is 3. The first kappa shape index (κ1) is 22.8. The zero-order chi connectivity index (χ0) is 22.8. The van der Waals surface area contributed by atoms with Crippen LogP contribution >= 0.6 is 27.5 Å². The van der Waals surface area contributed by atoms with Crippen molar-refractivity contribution in [2.45, 2.75) is 13.1 Å². The quantitative estimate of drug-likeness (QED) is 0.198. The molecule has 0 aromatic heterocycles. The number of hydrogen-bond donors (Lipinski definition) is 0. The number of halogens is 5. The van der Waals surface area contributed by atoms with Crippen molar-refractivity contribution in [3.63, 3.8) is 0 Å². The minimum atomic E-state index is -4.71. The lowest BCUT2D eigenvalue weighted by Crippen LogP contribution is -2.06. The minimum absolute atomic E-state index is 0.174. The highest BCUT2D eigenvalue weighted by Crippen LogP contribution is 2.38. The number of rotatable bonds is 5. The smallest absolute Gasteiger partial charge is 0.416 e. The van der Waals surface area contributed by atoms with Crippen LogP contribution in [-0.2, 0) is 6.18 Å². The molecule has 0 aliphatic rings. The number of hydrogen-bond acceptors (Lipinski definition) is 4. The van der Waals surface area contributed by atoms with E-state index in [9.17, 15) is 23.3 Å². The summed E-state index contributed by atoms with van der Waals surface area (Å²) in [7, 11) is 0. The maximum Gasteiger partial charge on any atom is 0.416 e. The molecule has 0 unspecified atom stereocenters. The van der Waals surface area contributed by atoms with E-state index in [0.717, 1.165) is 17.7 Å². The molecular formula is C21H13BrClF3N2O3. The summed E-state index contributed by atoms with van der Waals surface area (Å²) in [5.41, 5.74) is -0.0321. The Kier molecular flexibility index (Phi) is 6.66. The fraction of sp³-hybridized carbons (Fsp3) is 0.0952. The van der Waals surface area contributed by atoms with E-state index in [1.807, 2.05) is 6.92 Å². The van der Waals surface area contributed by atoms with Crippen molar-refractivity contribution in [1.29, 1.82) is 0 Å². The molecule has 0 spiro atoms. The van der Waals surface area contributed by atoms with Crippen LogP contribution in [-0.4, -0.2) is 11.1 Å². The van der Waals surface area contributed by atoms with Gasteiger partial charge in [-0.05, 0) is 55.0 Å². The molecule has 3 aromatic rings. The Morgan fingerprint density at radius 1 is 1.10 bits per heavy atom. The molecule has 0 saturated carbocycles. The SMILES string of the molecule is Cc1ccc(N=Cc2cc(Br)ccc2Oc2ccc(C(F)(F)F)cc2[N+](=O)[O-])cc1Cl. The average molecular weight is 514 g/mol. The van der Waals surface area contributed by atoms with Gasteiger partial charge in [-0.2, -0.15) is 13.2 Å². The van der Waals surface area contributed by atoms with E-state index in [2.05, 4.69) is 20.9 Å². The second-order valence-electron chi connectivity index (χ2n) is 6.41. The van der Waals surface area contributed by atoms with Crippen molar-refractivity contribution in [1.82, 2.24) is 0 Å². The zero-order valence-corrected chi connectivity index (χ0v) is 18.1. The highest BCUT2D eigenvalue weighted by atomic mass is 79.9. The third-order valence-electron chi connectivity index (χ3n) is 4.18. The van der Waals surface area contributed by atoms with Gasteiger partial charge >= 0.3 is 11.9 Å². The van der Waals surface area contributed by atoms with Crippen LogP contribution in [0.2, 0.25) is 5.02 Å². The number of aryl methyl sites for hydroxylation is 1. The molecule has 3 aromatic carbocycles. The summed E-state index contributed by atoms with van der Waals surface area (Å²) >= 11 is 9.43. The summed E-state index contributed by atoms with van der Waals surface area (Å²) in [6.45, 7) is 1.85. The predicted molar refractivity (Wildman–Crippen MR) is 116 cm³/mol. The van der Waals surface area contributed by atoms with Crippen LogP contribution in [0.15, 0.2) is 64.1 Å². The van der Waals surface area contributed by atoms with Crippen molar-refractivity contribution < 1.29 is 22.8 Å². The molecule has 31 heavy (non-hydrogen) atoms. The van der Waals surface area contributed by atoms with E-state index in [0.29, 0.717) is 26.8 Å². The highest BCUT2D eigenvalue weighted by molar-refractivity contribution is 9.10. The molecule has 0 amide bonds. The van der Waals surface area contributed by atoms with Crippen LogP contribution in [0.1, 0.15) is 16.7 Å². The van der Waals surface area contributed by atoms with Gasteiger partial charge in [-0.25, -0.2) is 0 Å². The van der Waals surface area contributed by atoms with Gasteiger partial charge in [0.2, 0.25) is 5.75 Å². The van der Waals surface area contributed by atoms with Gasteiger partial charge in [0, 0.05) is 27.3 Å². The van der Waals surface area contributed by atoms with Gasteiger partial charge in [-0.1, -0.05) is 33.6 Å². The molecule has 0 bridgehead atoms. The number of ether oxygens (including phenoxy) is 1. The summed E-state index contributed by atoms with van der Waals surface area (Å²) in [6.07, 6.45) is -3.25. The third-order valence-corrected chi connectivity index (χ3v) is 5.08. The fourth-order valence-corrected chi connectivity index (χ4v) is 3.11. The van der Waals surface area contributed by atoms with Crippen LogP contribution < -0.4 is 4.74 Å². The van der Waals surface area contributed by atoms with Crippen LogP contribution in [0.3, 0.4) is 0 Å². The Balaban J connectivity index is 1.98. The molecule has 0 radical (unpaired) electrons. The molecule has 3 rings (SSSR count). The van der Waals surface area contributed by atoms with E-state index in [1.165, 1.54) is 12.3 Å². The zero-order valence-electron chi connectivity index (χ0n) is 15.8. The second-order valence-corrected chi connectivity index (χ2v) is 7.74. The first-order valence-electron chi connectivity index (χ1n) is 8.68. The molecule has 0 saturated heterocycles. The van der Waals surface area contributed by atoms with Gasteiger partial charge in [0.25, 0.3) is 0 Å². The summed E-state index contributed by atoms with van der Waals surface area (Å²) in [5.74, 6) is -0.152. The standard InChI is InChI=1S/C21H13BrClF3N2O3/c1-12-2-5-16(10-17(12)23)27-11-13-8-15(22)4-7-19(13)31-20-6-3-14(21(24,25)26)9-18(20)28(29)30/h2-11H,1H3. The van der Waals surface area contributed by atoms with Crippen molar-refractivity contribution >= 4 is 45.1 Å². The second kappa shape index (κ2) is 9.07. The molecule has 10 heteroatoms. The largest absolute Gasteiger partial charge is 0.449 e. The lowest BCUT2D eigenvalue weighted by atomic mass is 10.1. The van der Waals surface area contributed by atoms with Crippen LogP contribution in [0.5, 0.6) is 11.5 Å². The van der Waals surface area contributed by atoms with Crippen molar-refractivity contribution in [3.05, 3.63) is 90.9 Å². The molecule has 0 fully saturated rings. The number of alkyl halides is 3. The number of nitrogens with zero attached hydrogens (tertiary/aromatic N) is 2. The highest BCUT2D eigenvalue weighted by Gasteiger charge is 2.33. The van der Waals surface area contributed by atoms with Gasteiger partial charge < -0.3 is 4.74 Å². The van der Waals surface area contributed by atoms with Crippen molar-refractivity contribution in [2.24, 2.45) is 4.99 Å². The molecule has 0 atom stereocenters. The van der Waals surface area contributed by atoms with E-state index in [4.69, 9.17) is 16.3 Å². The Morgan fingerprint density at radius 2 is 1.81 bits per heavy atom. The summed E-state index contributed by atoms with van der Waals surface area (Å²) < 4.78 is 45.0. The van der Waals surface area contributed by atoms with E-state index >= 15 is 0 Å². The molecule has 0 aliphatic heterocycles. The fourth-order valence-electron chi connectivity index (χ4n) is 2.56. The Bertz CT molecular complexity index is 1180. The summed E-state index contributed by atoms with van der Waals surface area (Å²) in [5, 5.41) is 11.9. The lowest BCUT2D eigenvalue weighted by Gasteiger charge is -2.12. The van der Waals surface area contributed by atoms with Crippen molar-refractivity contribution in [2.75, 3.05) is 0 Å². The Morgan fingerprint density at radius 3 is 2.45 bits per heavy atom. The number of aliphatic imine (C=N–C) groups is 1. The predicted octanol–water partition coefficient (Wildman–Crippen LogP) is 7.88. The Hall–Kier alpha value is -2.91. The maximum atomic E-state index is 12.9. The summed E-state index contributed by atoms with van der Waals surface area (Å²) in [6, 6.07) is 12.1. The molecule has 5 nitrogen and oxygen atoms in total. The maximum absolute atomic E-state index is 12.9. The molecular weight excluding hydrogens is 501 g/mol. The minimum Gasteiger partial charge on any atom is -0.449 e. The normalized spacial score (nSPS) is 11.7. The van der Waals surface area contributed by atoms with E-state index in [-0.39, 0.29) is 11.5 Å². The number of nitro benzene ring substituents is 1. The molecule has 0 N–H and O–H groups in total. The average Bonchev–Trinajstić information content (AvgIpc) is 2.69. The monoisotopic (exact) mass is 512 g/mol. The van der Waals surface area contributed by atoms with E-state index < -0.39 is 22.4 Å². The summed E-state index contributed by atoms with van der Waals surface area (Å²) in [4.78, 5) is 14.7. The molecule has 160 valence electrons. The molecule has 0 heterocycles. The first-order valence-corrected chi connectivity index (χ1v) is 9.85.